The maximum atomic E-state index is 10.9. The molecule has 1 saturated carbocycles. The van der Waals surface area contributed by atoms with Gasteiger partial charge in [0.15, 0.2) is 0 Å². The van der Waals surface area contributed by atoms with E-state index >= 15 is 0 Å². The van der Waals surface area contributed by atoms with Gasteiger partial charge in [0.1, 0.15) is 5.75 Å². The Morgan fingerprint density at radius 1 is 1.19 bits per heavy atom. The van der Waals surface area contributed by atoms with E-state index in [1.807, 2.05) is 6.07 Å². The number of aryl methyl sites for hydroxylation is 1. The van der Waals surface area contributed by atoms with Crippen molar-refractivity contribution in [1.82, 2.24) is 5.32 Å². The van der Waals surface area contributed by atoms with Gasteiger partial charge in [0.2, 0.25) is 0 Å². The molecule has 2 N–H and O–H groups in total. The van der Waals surface area contributed by atoms with Crippen LogP contribution in [-0.4, -0.2) is 24.8 Å². The van der Waals surface area contributed by atoms with Gasteiger partial charge in [0.25, 0.3) is 0 Å². The summed E-state index contributed by atoms with van der Waals surface area (Å²) in [7, 11) is 1.70. The molecule has 1 saturated heterocycles. The monoisotopic (exact) mass is 287 g/mol. The van der Waals surface area contributed by atoms with Crippen molar-refractivity contribution in [3.8, 4) is 5.75 Å². The van der Waals surface area contributed by atoms with Gasteiger partial charge in [-0.3, -0.25) is 0 Å². The van der Waals surface area contributed by atoms with E-state index in [4.69, 9.17) is 4.74 Å². The Labute approximate surface area is 126 Å². The van der Waals surface area contributed by atoms with Crippen LogP contribution in [0.1, 0.15) is 42.9 Å². The van der Waals surface area contributed by atoms with Gasteiger partial charge in [0, 0.05) is 12.0 Å². The lowest BCUT2D eigenvalue weighted by Crippen LogP contribution is -2.40. The van der Waals surface area contributed by atoms with Crippen LogP contribution in [0.25, 0.3) is 0 Å². The molecule has 114 valence electrons. The van der Waals surface area contributed by atoms with Crippen molar-refractivity contribution in [2.45, 2.75) is 44.2 Å². The first-order valence-electron chi connectivity index (χ1n) is 8.36. The van der Waals surface area contributed by atoms with Crippen LogP contribution in [0.15, 0.2) is 18.2 Å². The highest BCUT2D eigenvalue weighted by Gasteiger charge is 2.45. The van der Waals surface area contributed by atoms with Crippen LogP contribution >= 0.6 is 0 Å². The van der Waals surface area contributed by atoms with Gasteiger partial charge in [0.05, 0.1) is 13.2 Å². The predicted molar refractivity (Wildman–Crippen MR) is 82.4 cm³/mol. The summed E-state index contributed by atoms with van der Waals surface area (Å²) in [5.41, 5.74) is 2.38. The summed E-state index contributed by atoms with van der Waals surface area (Å²) in [6, 6.07) is 6.65. The Balaban J connectivity index is 1.58. The lowest BCUT2D eigenvalue weighted by atomic mass is 9.74. The van der Waals surface area contributed by atoms with Crippen LogP contribution in [0.2, 0.25) is 0 Å². The molecule has 1 aliphatic heterocycles. The van der Waals surface area contributed by atoms with Crippen LogP contribution in [-0.2, 0) is 6.42 Å². The fourth-order valence-corrected chi connectivity index (χ4v) is 5.00. The fourth-order valence-electron chi connectivity index (χ4n) is 5.00. The van der Waals surface area contributed by atoms with Crippen molar-refractivity contribution in [3.05, 3.63) is 29.3 Å². The third-order valence-corrected chi connectivity index (χ3v) is 6.08. The summed E-state index contributed by atoms with van der Waals surface area (Å²) < 4.78 is 5.30. The molecular weight excluding hydrogens is 262 g/mol. The van der Waals surface area contributed by atoms with Crippen molar-refractivity contribution in [2.24, 2.45) is 17.8 Å². The normalized spacial score (nSPS) is 38.1. The number of hydrogen-bond donors (Lipinski definition) is 2. The molecule has 2 aliphatic carbocycles. The van der Waals surface area contributed by atoms with Gasteiger partial charge in [-0.1, -0.05) is 12.5 Å². The molecule has 0 amide bonds. The molecule has 21 heavy (non-hydrogen) atoms. The molecule has 0 spiro atoms. The number of rotatable bonds is 2. The summed E-state index contributed by atoms with van der Waals surface area (Å²) in [6.45, 7) is 1.16. The van der Waals surface area contributed by atoms with E-state index in [1.54, 1.807) is 7.11 Å². The lowest BCUT2D eigenvalue weighted by Gasteiger charge is -2.36. The van der Waals surface area contributed by atoms with Crippen LogP contribution < -0.4 is 10.1 Å². The number of aliphatic hydroxyl groups is 1. The minimum atomic E-state index is -0.323. The number of benzene rings is 1. The summed E-state index contributed by atoms with van der Waals surface area (Å²) in [4.78, 5) is 0. The van der Waals surface area contributed by atoms with E-state index < -0.39 is 0 Å². The number of hydrogen-bond acceptors (Lipinski definition) is 3. The second-order valence-corrected chi connectivity index (χ2v) is 7.00. The Hall–Kier alpha value is -1.06. The number of nitrogens with one attached hydrogen (secondary N) is 1. The van der Waals surface area contributed by atoms with Crippen molar-refractivity contribution < 1.29 is 9.84 Å². The number of ether oxygens (including phenoxy) is 1. The zero-order chi connectivity index (χ0) is 14.4. The van der Waals surface area contributed by atoms with Crippen LogP contribution in [0.5, 0.6) is 5.75 Å². The van der Waals surface area contributed by atoms with E-state index in [-0.39, 0.29) is 6.10 Å². The molecule has 1 heterocycles. The quantitative estimate of drug-likeness (QED) is 0.879. The van der Waals surface area contributed by atoms with E-state index in [1.165, 1.54) is 24.8 Å². The summed E-state index contributed by atoms with van der Waals surface area (Å²) in [5, 5.41) is 14.6. The molecule has 5 unspecified atom stereocenters. The molecular formula is C18H25NO2. The molecule has 0 bridgehead atoms. The van der Waals surface area contributed by atoms with Crippen LogP contribution in [0, 0.1) is 17.8 Å². The molecule has 2 fully saturated rings. The summed E-state index contributed by atoms with van der Waals surface area (Å²) in [6.07, 6.45) is 5.93. The predicted octanol–water partition coefficient (Wildman–Crippen LogP) is 2.68. The minimum Gasteiger partial charge on any atom is -0.497 e. The van der Waals surface area contributed by atoms with Gasteiger partial charge in [-0.2, -0.15) is 0 Å². The average molecular weight is 287 g/mol. The lowest BCUT2D eigenvalue weighted by molar-refractivity contribution is 0.0618. The van der Waals surface area contributed by atoms with E-state index in [2.05, 4.69) is 17.4 Å². The topological polar surface area (TPSA) is 41.5 Å². The molecule has 3 nitrogen and oxygen atoms in total. The van der Waals surface area contributed by atoms with Gasteiger partial charge in [-0.15, -0.1) is 0 Å². The molecule has 1 aromatic rings. The standard InChI is InChI=1S/C18H25NO2/c1-21-13-6-8-15-11(9-13)5-7-16(18(15)20)17-14-4-2-3-12(14)10-19-17/h6,8-9,12,14,16-20H,2-5,7,10H2,1H3. The Kier molecular flexibility index (Phi) is 3.43. The van der Waals surface area contributed by atoms with Crippen molar-refractivity contribution in [1.29, 1.82) is 0 Å². The molecule has 3 heteroatoms. The number of fused-ring (bicyclic) bond motifs is 2. The Morgan fingerprint density at radius 3 is 2.95 bits per heavy atom. The van der Waals surface area contributed by atoms with Gasteiger partial charge < -0.3 is 15.2 Å². The number of aliphatic hydroxyl groups excluding tert-OH is 1. The number of methoxy groups -OCH3 is 1. The smallest absolute Gasteiger partial charge is 0.119 e. The highest BCUT2D eigenvalue weighted by Crippen LogP contribution is 2.46. The molecule has 4 rings (SSSR count). The van der Waals surface area contributed by atoms with Crippen LogP contribution in [0.3, 0.4) is 0 Å². The SMILES string of the molecule is COc1ccc2c(c1)CCC(C1NCC3CCCC31)C2O. The largest absolute Gasteiger partial charge is 0.497 e. The first-order chi connectivity index (χ1) is 10.3. The Morgan fingerprint density at radius 2 is 2.10 bits per heavy atom. The summed E-state index contributed by atoms with van der Waals surface area (Å²) >= 11 is 0. The third-order valence-electron chi connectivity index (χ3n) is 6.08. The highest BCUT2D eigenvalue weighted by atomic mass is 16.5. The van der Waals surface area contributed by atoms with Crippen molar-refractivity contribution >= 4 is 0 Å². The highest BCUT2D eigenvalue weighted by molar-refractivity contribution is 5.39. The Bertz CT molecular complexity index is 530. The van der Waals surface area contributed by atoms with Gasteiger partial charge >= 0.3 is 0 Å². The van der Waals surface area contributed by atoms with Gasteiger partial charge in [-0.25, -0.2) is 0 Å². The summed E-state index contributed by atoms with van der Waals surface area (Å²) in [5.74, 6) is 2.93. The fraction of sp³-hybridized carbons (Fsp3) is 0.667. The zero-order valence-electron chi connectivity index (χ0n) is 12.7. The van der Waals surface area contributed by atoms with E-state index in [0.29, 0.717) is 12.0 Å². The van der Waals surface area contributed by atoms with Crippen molar-refractivity contribution in [3.63, 3.8) is 0 Å². The molecule has 0 radical (unpaired) electrons. The maximum Gasteiger partial charge on any atom is 0.119 e. The van der Waals surface area contributed by atoms with Crippen molar-refractivity contribution in [2.75, 3.05) is 13.7 Å². The van der Waals surface area contributed by atoms with E-state index in [0.717, 1.165) is 42.5 Å². The molecule has 5 atom stereocenters. The second-order valence-electron chi connectivity index (χ2n) is 7.00. The average Bonchev–Trinajstić information content (AvgIpc) is 3.11. The third kappa shape index (κ3) is 2.18. The van der Waals surface area contributed by atoms with E-state index in [9.17, 15) is 5.11 Å². The van der Waals surface area contributed by atoms with Crippen LogP contribution in [0.4, 0.5) is 0 Å². The molecule has 3 aliphatic rings. The minimum absolute atomic E-state index is 0.323. The first kappa shape index (κ1) is 13.6. The van der Waals surface area contributed by atoms with Gasteiger partial charge in [-0.05, 0) is 67.3 Å². The first-order valence-corrected chi connectivity index (χ1v) is 8.36. The second kappa shape index (κ2) is 5.29. The maximum absolute atomic E-state index is 10.9. The molecule has 0 aromatic heterocycles. The zero-order valence-corrected chi connectivity index (χ0v) is 12.7. The molecule has 1 aromatic carbocycles.